The van der Waals surface area contributed by atoms with Gasteiger partial charge in [-0.05, 0) is 28.1 Å². The van der Waals surface area contributed by atoms with Gasteiger partial charge in [-0.1, -0.05) is 23.2 Å². The van der Waals surface area contributed by atoms with Gasteiger partial charge in [-0.15, -0.1) is 0 Å². The molecule has 0 aliphatic heterocycles. The van der Waals surface area contributed by atoms with Crippen LogP contribution in [0.15, 0.2) is 28.9 Å². The van der Waals surface area contributed by atoms with E-state index in [1.54, 1.807) is 6.07 Å². The maximum Gasteiger partial charge on any atom is 0.256 e. The first-order valence-electron chi connectivity index (χ1n) is 5.18. The van der Waals surface area contributed by atoms with Crippen molar-refractivity contribution in [1.82, 2.24) is 4.98 Å². The van der Waals surface area contributed by atoms with Gasteiger partial charge < -0.3 is 10.5 Å². The Bertz CT molecular complexity index is 625. The molecule has 0 atom stereocenters. The zero-order valence-electron chi connectivity index (χ0n) is 9.46. The molecule has 7 heteroatoms. The van der Waals surface area contributed by atoms with E-state index in [9.17, 15) is 4.39 Å². The summed E-state index contributed by atoms with van der Waals surface area (Å²) in [6, 6.07) is 4.52. The maximum atomic E-state index is 13.9. The van der Waals surface area contributed by atoms with Crippen LogP contribution >= 0.6 is 39.1 Å². The highest BCUT2D eigenvalue weighted by molar-refractivity contribution is 9.10. The Morgan fingerprint density at radius 2 is 2.05 bits per heavy atom. The zero-order valence-corrected chi connectivity index (χ0v) is 12.6. The van der Waals surface area contributed by atoms with Gasteiger partial charge in [0, 0.05) is 28.8 Å². The van der Waals surface area contributed by atoms with Crippen molar-refractivity contribution in [2.45, 2.75) is 6.54 Å². The van der Waals surface area contributed by atoms with Crippen LogP contribution in [0.25, 0.3) is 0 Å². The Morgan fingerprint density at radius 3 is 2.74 bits per heavy atom. The summed E-state index contributed by atoms with van der Waals surface area (Å²) in [6.45, 7) is 0.0551. The van der Waals surface area contributed by atoms with Crippen molar-refractivity contribution < 1.29 is 9.13 Å². The van der Waals surface area contributed by atoms with E-state index in [4.69, 9.17) is 33.7 Å². The van der Waals surface area contributed by atoms with Crippen LogP contribution in [-0.4, -0.2) is 4.98 Å². The van der Waals surface area contributed by atoms with Crippen LogP contribution in [0.5, 0.6) is 11.6 Å². The molecule has 0 radical (unpaired) electrons. The van der Waals surface area contributed by atoms with Crippen molar-refractivity contribution >= 4 is 39.1 Å². The third-order valence-electron chi connectivity index (χ3n) is 2.34. The average molecular weight is 366 g/mol. The van der Waals surface area contributed by atoms with Crippen molar-refractivity contribution in [3.63, 3.8) is 0 Å². The normalized spacial score (nSPS) is 10.6. The Kier molecular flexibility index (Phi) is 4.62. The Labute approximate surface area is 127 Å². The molecule has 0 saturated heterocycles. The number of aromatic nitrogens is 1. The predicted molar refractivity (Wildman–Crippen MR) is 76.3 cm³/mol. The fraction of sp³-hybridized carbons (Fsp3) is 0.0833. The number of nitrogens with two attached hydrogens (primary N) is 1. The monoisotopic (exact) mass is 364 g/mol. The largest absolute Gasteiger partial charge is 0.435 e. The molecule has 0 fully saturated rings. The number of hydrogen-bond donors (Lipinski definition) is 1. The van der Waals surface area contributed by atoms with Crippen molar-refractivity contribution in [1.29, 1.82) is 0 Å². The molecular formula is C12H8BrCl2FN2O. The molecule has 19 heavy (non-hydrogen) atoms. The number of benzene rings is 1. The highest BCUT2D eigenvalue weighted by Crippen LogP contribution is 2.36. The molecule has 1 heterocycles. The summed E-state index contributed by atoms with van der Waals surface area (Å²) < 4.78 is 19.9. The lowest BCUT2D eigenvalue weighted by atomic mass is 10.2. The van der Waals surface area contributed by atoms with Gasteiger partial charge in [-0.3, -0.25) is 0 Å². The molecular weight excluding hydrogens is 358 g/mol. The average Bonchev–Trinajstić information content (AvgIpc) is 2.38. The van der Waals surface area contributed by atoms with Gasteiger partial charge in [0.05, 0.1) is 10.0 Å². The molecule has 2 rings (SSSR count). The van der Waals surface area contributed by atoms with Crippen molar-refractivity contribution in [3.8, 4) is 11.6 Å². The highest BCUT2D eigenvalue weighted by Gasteiger charge is 2.14. The number of rotatable bonds is 3. The van der Waals surface area contributed by atoms with E-state index < -0.39 is 5.82 Å². The molecule has 2 N–H and O–H groups in total. The van der Waals surface area contributed by atoms with E-state index in [-0.39, 0.29) is 23.2 Å². The first kappa shape index (κ1) is 14.5. The number of pyridine rings is 1. The van der Waals surface area contributed by atoms with Crippen LogP contribution in [0.4, 0.5) is 4.39 Å². The summed E-state index contributed by atoms with van der Waals surface area (Å²) in [5.74, 6) is -0.584. The molecule has 1 aromatic carbocycles. The Hall–Kier alpha value is -0.880. The predicted octanol–water partition coefficient (Wildman–Crippen LogP) is 4.54. The van der Waals surface area contributed by atoms with Crippen molar-refractivity contribution in [2.75, 3.05) is 0 Å². The Balaban J connectivity index is 2.39. The molecule has 0 bridgehead atoms. The molecule has 0 aliphatic carbocycles. The summed E-state index contributed by atoms with van der Waals surface area (Å²) >= 11 is 15.1. The fourth-order valence-electron chi connectivity index (χ4n) is 1.38. The standard InChI is InChI=1S/C12H8BrCl2FN2O/c13-7-3-9(15)10(4-8(7)14)19-12-11(16)6(5-17)1-2-18-12/h1-4H,5,17H2. The topological polar surface area (TPSA) is 48.1 Å². The third kappa shape index (κ3) is 3.17. The number of ether oxygens (including phenoxy) is 1. The van der Waals surface area contributed by atoms with Gasteiger partial charge in [-0.2, -0.15) is 0 Å². The van der Waals surface area contributed by atoms with E-state index in [1.165, 1.54) is 18.3 Å². The smallest absolute Gasteiger partial charge is 0.256 e. The lowest BCUT2D eigenvalue weighted by Crippen LogP contribution is -2.02. The van der Waals surface area contributed by atoms with Gasteiger partial charge in [0.25, 0.3) is 5.88 Å². The SMILES string of the molecule is NCc1ccnc(Oc2cc(Cl)c(Br)cc2Cl)c1F. The number of nitrogens with zero attached hydrogens (tertiary/aromatic N) is 1. The summed E-state index contributed by atoms with van der Waals surface area (Å²) in [5, 5.41) is 0.686. The fourth-order valence-corrected chi connectivity index (χ4v) is 2.21. The van der Waals surface area contributed by atoms with Gasteiger partial charge in [0.1, 0.15) is 5.75 Å². The second-order valence-corrected chi connectivity index (χ2v) is 5.26. The third-order valence-corrected chi connectivity index (χ3v) is 3.83. The van der Waals surface area contributed by atoms with Crippen molar-refractivity contribution in [3.05, 3.63) is 50.3 Å². The van der Waals surface area contributed by atoms with Gasteiger partial charge in [0.15, 0.2) is 5.82 Å². The second-order valence-electron chi connectivity index (χ2n) is 3.59. The van der Waals surface area contributed by atoms with Gasteiger partial charge in [0.2, 0.25) is 0 Å². The van der Waals surface area contributed by atoms with E-state index in [1.807, 2.05) is 0 Å². The molecule has 0 spiro atoms. The minimum atomic E-state index is -0.611. The van der Waals surface area contributed by atoms with E-state index >= 15 is 0 Å². The maximum absolute atomic E-state index is 13.9. The summed E-state index contributed by atoms with van der Waals surface area (Å²) in [5.41, 5.74) is 5.72. The number of hydrogen-bond acceptors (Lipinski definition) is 3. The molecule has 100 valence electrons. The summed E-state index contributed by atoms with van der Waals surface area (Å²) in [7, 11) is 0. The zero-order chi connectivity index (χ0) is 14.0. The van der Waals surface area contributed by atoms with Crippen LogP contribution in [0, 0.1) is 5.82 Å². The first-order valence-corrected chi connectivity index (χ1v) is 6.73. The molecule has 1 aromatic heterocycles. The lowest BCUT2D eigenvalue weighted by Gasteiger charge is -2.10. The molecule has 0 unspecified atom stereocenters. The minimum Gasteiger partial charge on any atom is -0.435 e. The Morgan fingerprint density at radius 1 is 1.32 bits per heavy atom. The highest BCUT2D eigenvalue weighted by atomic mass is 79.9. The molecule has 2 aromatic rings. The quantitative estimate of drug-likeness (QED) is 0.812. The van der Waals surface area contributed by atoms with Gasteiger partial charge in [-0.25, -0.2) is 9.37 Å². The second kappa shape index (κ2) is 6.05. The van der Waals surface area contributed by atoms with E-state index in [0.29, 0.717) is 15.1 Å². The summed E-state index contributed by atoms with van der Waals surface area (Å²) in [6.07, 6.45) is 1.41. The van der Waals surface area contributed by atoms with Crippen LogP contribution in [0.1, 0.15) is 5.56 Å². The van der Waals surface area contributed by atoms with Crippen LogP contribution < -0.4 is 10.5 Å². The number of halogens is 4. The molecule has 0 aliphatic rings. The molecule has 0 saturated carbocycles. The van der Waals surface area contributed by atoms with Crippen molar-refractivity contribution in [2.24, 2.45) is 5.73 Å². The minimum absolute atomic E-state index is 0.0551. The lowest BCUT2D eigenvalue weighted by molar-refractivity contribution is 0.419. The van der Waals surface area contributed by atoms with Crippen LogP contribution in [0.3, 0.4) is 0 Å². The van der Waals surface area contributed by atoms with Crippen LogP contribution in [-0.2, 0) is 6.54 Å². The van der Waals surface area contributed by atoms with Gasteiger partial charge >= 0.3 is 0 Å². The molecule has 0 amide bonds. The van der Waals surface area contributed by atoms with Crippen LogP contribution in [0.2, 0.25) is 10.0 Å². The first-order chi connectivity index (χ1) is 9.02. The van der Waals surface area contributed by atoms with E-state index in [2.05, 4.69) is 20.9 Å². The van der Waals surface area contributed by atoms with E-state index in [0.717, 1.165) is 0 Å². The summed E-state index contributed by atoms with van der Waals surface area (Å²) in [4.78, 5) is 3.81. The molecule has 3 nitrogen and oxygen atoms in total.